The highest BCUT2D eigenvalue weighted by Gasteiger charge is 2.12. The zero-order valence-corrected chi connectivity index (χ0v) is 14.5. The van der Waals surface area contributed by atoms with E-state index in [2.05, 4.69) is 4.98 Å². The molecule has 0 bridgehead atoms. The van der Waals surface area contributed by atoms with Crippen molar-refractivity contribution in [2.24, 2.45) is 0 Å². The molecule has 0 radical (unpaired) electrons. The average Bonchev–Trinajstić information content (AvgIpc) is 3.00. The maximum atomic E-state index is 12.3. The summed E-state index contributed by atoms with van der Waals surface area (Å²) in [4.78, 5) is 4.57. The topological polar surface area (TPSA) is 31.4 Å². The predicted octanol–water partition coefficient (Wildman–Crippen LogP) is 5.27. The number of fused-ring (bicyclic) bond motifs is 1. The zero-order chi connectivity index (χ0) is 16.5. The second-order valence-electron chi connectivity index (χ2n) is 4.00. The van der Waals surface area contributed by atoms with Gasteiger partial charge in [-0.15, -0.1) is 11.3 Å². The molecular formula is C17H22FNO2S. The first kappa shape index (κ1) is 18.2. The second kappa shape index (κ2) is 9.20. The Morgan fingerprint density at radius 1 is 1.27 bits per heavy atom. The Labute approximate surface area is 135 Å². The van der Waals surface area contributed by atoms with Gasteiger partial charge in [-0.25, -0.2) is 9.37 Å². The summed E-state index contributed by atoms with van der Waals surface area (Å²) in [6, 6.07) is 3.70. The first-order valence-corrected chi connectivity index (χ1v) is 7.96. The number of nitrogens with zero attached hydrogens (tertiary/aromatic N) is 1. The van der Waals surface area contributed by atoms with Crippen LogP contribution in [-0.2, 0) is 0 Å². The normalized spacial score (nSPS) is 11.5. The van der Waals surface area contributed by atoms with Crippen LogP contribution in [0.25, 0.3) is 15.8 Å². The van der Waals surface area contributed by atoms with Gasteiger partial charge in [-0.05, 0) is 6.92 Å². The van der Waals surface area contributed by atoms with Gasteiger partial charge in [-0.1, -0.05) is 32.1 Å². The van der Waals surface area contributed by atoms with Crippen molar-refractivity contribution in [2.45, 2.75) is 20.8 Å². The standard InChI is InChI=1S/C15H16FNO2S.C2H6/c1-4-10(6-5-7-16)15-17-12-8-11(18-2)9-13(19-3)14(12)20-15;1-2/h4-6,8-9H,7H2,1-3H3;1-2H3/b6-5-,10-4+;. The van der Waals surface area contributed by atoms with E-state index in [1.807, 2.05) is 39.0 Å². The molecule has 2 rings (SSSR count). The Balaban J connectivity index is 0.00000116. The zero-order valence-electron chi connectivity index (χ0n) is 13.6. The highest BCUT2D eigenvalue weighted by molar-refractivity contribution is 7.20. The maximum absolute atomic E-state index is 12.3. The molecular weight excluding hydrogens is 301 g/mol. The van der Waals surface area contributed by atoms with Crippen LogP contribution in [0.5, 0.6) is 11.5 Å². The van der Waals surface area contributed by atoms with Gasteiger partial charge in [-0.3, -0.25) is 0 Å². The SMILES string of the molecule is C/C=C(\C=C/CF)c1nc2cc(OC)cc(OC)c2s1.CC. The Morgan fingerprint density at radius 3 is 2.55 bits per heavy atom. The van der Waals surface area contributed by atoms with E-state index in [1.54, 1.807) is 20.3 Å². The van der Waals surface area contributed by atoms with Gasteiger partial charge in [0.25, 0.3) is 0 Å². The van der Waals surface area contributed by atoms with E-state index in [0.29, 0.717) is 5.75 Å². The highest BCUT2D eigenvalue weighted by atomic mass is 32.1. The van der Waals surface area contributed by atoms with Gasteiger partial charge in [0, 0.05) is 17.7 Å². The number of alkyl halides is 1. The van der Waals surface area contributed by atoms with Crippen LogP contribution in [0, 0.1) is 0 Å². The number of hydrogen-bond donors (Lipinski definition) is 0. The van der Waals surface area contributed by atoms with Crippen LogP contribution in [0.2, 0.25) is 0 Å². The fraction of sp³-hybridized carbons (Fsp3) is 0.353. The third-order valence-corrected chi connectivity index (χ3v) is 3.96. The molecule has 1 aromatic carbocycles. The van der Waals surface area contributed by atoms with Crippen molar-refractivity contribution in [2.75, 3.05) is 20.9 Å². The van der Waals surface area contributed by atoms with E-state index in [0.717, 1.165) is 26.5 Å². The number of aromatic nitrogens is 1. The third-order valence-electron chi connectivity index (χ3n) is 2.83. The average molecular weight is 323 g/mol. The van der Waals surface area contributed by atoms with E-state index in [9.17, 15) is 4.39 Å². The number of halogens is 1. The van der Waals surface area contributed by atoms with Crippen molar-refractivity contribution in [1.29, 1.82) is 0 Å². The van der Waals surface area contributed by atoms with Crippen LogP contribution >= 0.6 is 11.3 Å². The van der Waals surface area contributed by atoms with Gasteiger partial charge in [0.15, 0.2) is 0 Å². The molecule has 22 heavy (non-hydrogen) atoms. The molecule has 0 saturated carbocycles. The van der Waals surface area contributed by atoms with Crippen LogP contribution in [0.4, 0.5) is 4.39 Å². The lowest BCUT2D eigenvalue weighted by molar-refractivity contribution is 0.398. The van der Waals surface area contributed by atoms with E-state index in [1.165, 1.54) is 17.4 Å². The molecule has 0 N–H and O–H groups in total. The van der Waals surface area contributed by atoms with Crippen molar-refractivity contribution in [1.82, 2.24) is 4.98 Å². The molecule has 0 aliphatic rings. The van der Waals surface area contributed by atoms with Gasteiger partial charge in [0.1, 0.15) is 23.2 Å². The minimum Gasteiger partial charge on any atom is -0.497 e. The van der Waals surface area contributed by atoms with Crippen LogP contribution in [0.3, 0.4) is 0 Å². The van der Waals surface area contributed by atoms with Gasteiger partial charge >= 0.3 is 0 Å². The van der Waals surface area contributed by atoms with Crippen molar-refractivity contribution < 1.29 is 13.9 Å². The van der Waals surface area contributed by atoms with Gasteiger partial charge < -0.3 is 9.47 Å². The molecule has 0 amide bonds. The van der Waals surface area contributed by atoms with Crippen LogP contribution in [0.15, 0.2) is 30.4 Å². The molecule has 1 heterocycles. The molecule has 0 atom stereocenters. The Kier molecular flexibility index (Phi) is 7.60. The number of benzene rings is 1. The van der Waals surface area contributed by atoms with Crippen molar-refractivity contribution >= 4 is 27.1 Å². The van der Waals surface area contributed by atoms with Crippen LogP contribution in [-0.4, -0.2) is 25.9 Å². The molecule has 0 saturated heterocycles. The largest absolute Gasteiger partial charge is 0.497 e. The summed E-state index contributed by atoms with van der Waals surface area (Å²) in [6.45, 7) is 5.42. The highest BCUT2D eigenvalue weighted by Crippen LogP contribution is 2.37. The minimum absolute atomic E-state index is 0.487. The van der Waals surface area contributed by atoms with Crippen LogP contribution < -0.4 is 9.47 Å². The van der Waals surface area contributed by atoms with Gasteiger partial charge in [0.2, 0.25) is 0 Å². The molecule has 120 valence electrons. The number of rotatable bonds is 5. The van der Waals surface area contributed by atoms with Crippen molar-refractivity contribution in [3.63, 3.8) is 0 Å². The summed E-state index contributed by atoms with van der Waals surface area (Å²) in [5, 5.41) is 0.832. The van der Waals surface area contributed by atoms with Crippen molar-refractivity contribution in [3.8, 4) is 11.5 Å². The van der Waals surface area contributed by atoms with E-state index in [-0.39, 0.29) is 0 Å². The quantitative estimate of drug-likeness (QED) is 0.703. The maximum Gasteiger partial charge on any atom is 0.142 e. The molecule has 0 aliphatic heterocycles. The van der Waals surface area contributed by atoms with E-state index < -0.39 is 6.67 Å². The fourth-order valence-electron chi connectivity index (χ4n) is 1.83. The predicted molar refractivity (Wildman–Crippen MR) is 92.8 cm³/mol. The lowest BCUT2D eigenvalue weighted by Crippen LogP contribution is -1.87. The lowest BCUT2D eigenvalue weighted by Gasteiger charge is -2.03. The molecule has 1 aromatic heterocycles. The first-order chi connectivity index (χ1) is 10.7. The number of thiazole rings is 1. The summed E-state index contributed by atoms with van der Waals surface area (Å²) in [7, 11) is 3.22. The molecule has 5 heteroatoms. The summed E-state index contributed by atoms with van der Waals surface area (Å²) in [5.74, 6) is 1.43. The molecule has 0 fully saturated rings. The summed E-state index contributed by atoms with van der Waals surface area (Å²) in [6.07, 6.45) is 5.12. The molecule has 0 unspecified atom stereocenters. The molecule has 3 nitrogen and oxygen atoms in total. The summed E-state index contributed by atoms with van der Waals surface area (Å²) in [5.41, 5.74) is 1.71. The Hall–Kier alpha value is -1.88. The number of ether oxygens (including phenoxy) is 2. The van der Waals surface area contributed by atoms with Gasteiger partial charge in [-0.2, -0.15) is 0 Å². The third kappa shape index (κ3) is 4.07. The van der Waals surface area contributed by atoms with Crippen molar-refractivity contribution in [3.05, 3.63) is 35.4 Å². The van der Waals surface area contributed by atoms with Gasteiger partial charge in [0.05, 0.1) is 24.4 Å². The minimum atomic E-state index is -0.487. The Morgan fingerprint density at radius 2 is 2.00 bits per heavy atom. The number of allylic oxidation sites excluding steroid dienone is 4. The number of methoxy groups -OCH3 is 2. The first-order valence-electron chi connectivity index (χ1n) is 7.15. The van der Waals surface area contributed by atoms with Crippen LogP contribution in [0.1, 0.15) is 25.8 Å². The van der Waals surface area contributed by atoms with E-state index >= 15 is 0 Å². The fourth-order valence-corrected chi connectivity index (χ4v) is 2.93. The number of hydrogen-bond acceptors (Lipinski definition) is 4. The lowest BCUT2D eigenvalue weighted by atomic mass is 10.2. The monoisotopic (exact) mass is 323 g/mol. The summed E-state index contributed by atoms with van der Waals surface area (Å²) >= 11 is 1.52. The smallest absolute Gasteiger partial charge is 0.142 e. The Bertz CT molecular complexity index is 662. The molecule has 0 aliphatic carbocycles. The summed E-state index contributed by atoms with van der Waals surface area (Å²) < 4.78 is 23.8. The second-order valence-corrected chi connectivity index (χ2v) is 5.00. The van der Waals surface area contributed by atoms with E-state index in [4.69, 9.17) is 9.47 Å². The molecule has 0 spiro atoms. The molecule has 2 aromatic rings.